The minimum atomic E-state index is 0.221. The van der Waals surface area contributed by atoms with Crippen LogP contribution in [0.4, 0.5) is 0 Å². The highest BCUT2D eigenvalue weighted by Gasteiger charge is 2.18. The quantitative estimate of drug-likeness (QED) is 0.593. The van der Waals surface area contributed by atoms with Gasteiger partial charge in [0.25, 0.3) is 5.89 Å². The maximum absolute atomic E-state index is 5.39. The summed E-state index contributed by atoms with van der Waals surface area (Å²) in [5.41, 5.74) is 3.15. The predicted molar refractivity (Wildman–Crippen MR) is 95.4 cm³/mol. The molecule has 8 heteroatoms. The second kappa shape index (κ2) is 6.17. The lowest BCUT2D eigenvalue weighted by atomic mass is 10.1. The second-order valence-corrected chi connectivity index (χ2v) is 5.89. The van der Waals surface area contributed by atoms with Gasteiger partial charge in [0.1, 0.15) is 11.4 Å². The van der Waals surface area contributed by atoms with Crippen LogP contribution in [0.25, 0.3) is 34.2 Å². The molecule has 0 atom stereocenters. The largest absolute Gasteiger partial charge is 0.497 e. The van der Waals surface area contributed by atoms with E-state index in [2.05, 4.69) is 20.3 Å². The summed E-state index contributed by atoms with van der Waals surface area (Å²) >= 11 is 0. The number of ether oxygens (including phenoxy) is 3. The smallest absolute Gasteiger partial charge is 0.276 e. The zero-order valence-corrected chi connectivity index (χ0v) is 14.3. The maximum atomic E-state index is 5.39. The Morgan fingerprint density at radius 3 is 2.63 bits per heavy atom. The second-order valence-electron chi connectivity index (χ2n) is 5.89. The number of nitrogens with zero attached hydrogens (tertiary/aromatic N) is 3. The first-order chi connectivity index (χ1) is 13.3. The average Bonchev–Trinajstić information content (AvgIpc) is 3.47. The molecule has 0 bridgehead atoms. The van der Waals surface area contributed by atoms with Crippen molar-refractivity contribution in [1.82, 2.24) is 20.3 Å². The zero-order chi connectivity index (χ0) is 18.2. The van der Waals surface area contributed by atoms with Gasteiger partial charge in [-0.15, -0.1) is 0 Å². The van der Waals surface area contributed by atoms with Gasteiger partial charge in [0.2, 0.25) is 12.6 Å². The Labute approximate surface area is 153 Å². The summed E-state index contributed by atoms with van der Waals surface area (Å²) in [6.07, 6.45) is 0. The Morgan fingerprint density at radius 1 is 0.963 bits per heavy atom. The molecule has 0 amide bonds. The van der Waals surface area contributed by atoms with E-state index in [1.165, 1.54) is 0 Å². The van der Waals surface area contributed by atoms with Crippen molar-refractivity contribution in [1.29, 1.82) is 0 Å². The van der Waals surface area contributed by atoms with Crippen molar-refractivity contribution in [2.24, 2.45) is 0 Å². The third-order valence-electron chi connectivity index (χ3n) is 4.25. The van der Waals surface area contributed by atoms with Crippen molar-refractivity contribution < 1.29 is 18.7 Å². The van der Waals surface area contributed by atoms with E-state index in [4.69, 9.17) is 18.7 Å². The number of rotatable bonds is 4. The highest BCUT2D eigenvalue weighted by atomic mass is 16.7. The van der Waals surface area contributed by atoms with Gasteiger partial charge >= 0.3 is 0 Å². The first kappa shape index (κ1) is 15.4. The standard InChI is InChI=1S/C19H14N4O4/c1-24-13-5-2-11(3-6-13)14-9-15(22-21-14)19-20-18(23-27-19)12-4-7-16-17(8-12)26-10-25-16/h2-9H,10H2,1H3,(H,21,22). The number of aromatic nitrogens is 4. The van der Waals surface area contributed by atoms with Gasteiger partial charge in [0.05, 0.1) is 12.8 Å². The molecule has 134 valence electrons. The fourth-order valence-electron chi connectivity index (χ4n) is 2.83. The average molecular weight is 362 g/mol. The Morgan fingerprint density at radius 2 is 1.78 bits per heavy atom. The number of H-pyrrole nitrogens is 1. The van der Waals surface area contributed by atoms with Crippen molar-refractivity contribution in [3.63, 3.8) is 0 Å². The number of hydrogen-bond acceptors (Lipinski definition) is 7. The molecule has 0 aliphatic carbocycles. The van der Waals surface area contributed by atoms with Gasteiger partial charge in [-0.05, 0) is 48.5 Å². The van der Waals surface area contributed by atoms with E-state index in [1.54, 1.807) is 7.11 Å². The van der Waals surface area contributed by atoms with E-state index in [0.717, 1.165) is 22.6 Å². The SMILES string of the molecule is COc1ccc(-c2cc(-c3nc(-c4ccc5c(c4)OCO5)no3)[nH]n2)cc1. The van der Waals surface area contributed by atoms with Gasteiger partial charge in [-0.25, -0.2) is 0 Å². The van der Waals surface area contributed by atoms with Crippen LogP contribution >= 0.6 is 0 Å². The van der Waals surface area contributed by atoms with E-state index in [-0.39, 0.29) is 6.79 Å². The van der Waals surface area contributed by atoms with Gasteiger partial charge < -0.3 is 18.7 Å². The predicted octanol–water partition coefficient (Wildman–Crippen LogP) is 3.53. The van der Waals surface area contributed by atoms with Crippen molar-refractivity contribution in [2.45, 2.75) is 0 Å². The van der Waals surface area contributed by atoms with E-state index in [1.807, 2.05) is 48.5 Å². The van der Waals surface area contributed by atoms with E-state index in [9.17, 15) is 0 Å². The molecule has 0 radical (unpaired) electrons. The molecule has 0 spiro atoms. The van der Waals surface area contributed by atoms with Gasteiger partial charge in [0, 0.05) is 11.1 Å². The van der Waals surface area contributed by atoms with Gasteiger partial charge in [-0.3, -0.25) is 5.10 Å². The summed E-state index contributed by atoms with van der Waals surface area (Å²) in [4.78, 5) is 4.45. The Hall–Kier alpha value is -3.81. The number of fused-ring (bicyclic) bond motifs is 1. The molecule has 1 aliphatic rings. The van der Waals surface area contributed by atoms with Crippen molar-refractivity contribution in [3.05, 3.63) is 48.5 Å². The zero-order valence-electron chi connectivity index (χ0n) is 14.3. The lowest BCUT2D eigenvalue weighted by molar-refractivity contribution is 0.174. The minimum Gasteiger partial charge on any atom is -0.497 e. The minimum absolute atomic E-state index is 0.221. The van der Waals surface area contributed by atoms with Crippen LogP contribution in [0.1, 0.15) is 0 Å². The van der Waals surface area contributed by atoms with Crippen LogP contribution in [0.2, 0.25) is 0 Å². The number of nitrogens with one attached hydrogen (secondary N) is 1. The Bertz CT molecular complexity index is 1100. The molecule has 1 N–H and O–H groups in total. The van der Waals surface area contributed by atoms with Gasteiger partial charge in [0.15, 0.2) is 11.5 Å². The first-order valence-electron chi connectivity index (χ1n) is 8.24. The van der Waals surface area contributed by atoms with Crippen LogP contribution < -0.4 is 14.2 Å². The first-order valence-corrected chi connectivity index (χ1v) is 8.24. The van der Waals surface area contributed by atoms with Crippen LogP contribution in [0, 0.1) is 0 Å². The molecule has 2 aromatic carbocycles. The Balaban J connectivity index is 1.42. The highest BCUT2D eigenvalue weighted by Crippen LogP contribution is 2.35. The molecular weight excluding hydrogens is 348 g/mol. The van der Waals surface area contributed by atoms with E-state index >= 15 is 0 Å². The lowest BCUT2D eigenvalue weighted by Crippen LogP contribution is -1.92. The fraction of sp³-hybridized carbons (Fsp3) is 0.105. The Kier molecular flexibility index (Phi) is 3.53. The van der Waals surface area contributed by atoms with E-state index < -0.39 is 0 Å². The molecule has 8 nitrogen and oxygen atoms in total. The molecule has 0 saturated heterocycles. The summed E-state index contributed by atoms with van der Waals surface area (Å²) in [5.74, 6) is 2.99. The van der Waals surface area contributed by atoms with Crippen LogP contribution in [0.5, 0.6) is 17.2 Å². The number of methoxy groups -OCH3 is 1. The lowest BCUT2D eigenvalue weighted by Gasteiger charge is -1.99. The molecule has 2 aromatic heterocycles. The highest BCUT2D eigenvalue weighted by molar-refractivity contribution is 5.67. The topological polar surface area (TPSA) is 95.3 Å². The third kappa shape index (κ3) is 2.77. The summed E-state index contributed by atoms with van der Waals surface area (Å²) in [6, 6.07) is 15.0. The van der Waals surface area contributed by atoms with Crippen molar-refractivity contribution >= 4 is 0 Å². The van der Waals surface area contributed by atoms with Crippen LogP contribution in [-0.4, -0.2) is 34.2 Å². The fourth-order valence-corrected chi connectivity index (χ4v) is 2.83. The van der Waals surface area contributed by atoms with Gasteiger partial charge in [-0.2, -0.15) is 10.1 Å². The van der Waals surface area contributed by atoms with E-state index in [0.29, 0.717) is 28.9 Å². The monoisotopic (exact) mass is 362 g/mol. The van der Waals surface area contributed by atoms with Crippen molar-refractivity contribution in [3.8, 4) is 51.5 Å². The molecule has 5 rings (SSSR count). The van der Waals surface area contributed by atoms with Gasteiger partial charge in [-0.1, -0.05) is 5.16 Å². The summed E-state index contributed by atoms with van der Waals surface area (Å²) in [7, 11) is 1.63. The molecule has 3 heterocycles. The molecule has 4 aromatic rings. The molecule has 0 saturated carbocycles. The molecule has 0 unspecified atom stereocenters. The summed E-state index contributed by atoms with van der Waals surface area (Å²) < 4.78 is 21.3. The normalized spacial score (nSPS) is 12.3. The van der Waals surface area contributed by atoms with Crippen molar-refractivity contribution in [2.75, 3.05) is 13.9 Å². The maximum Gasteiger partial charge on any atom is 0.276 e. The third-order valence-corrected chi connectivity index (χ3v) is 4.25. The molecule has 27 heavy (non-hydrogen) atoms. The molecular formula is C19H14N4O4. The molecule has 0 fully saturated rings. The number of hydrogen-bond donors (Lipinski definition) is 1. The van der Waals surface area contributed by atoms with Crippen LogP contribution in [0.15, 0.2) is 53.1 Å². The summed E-state index contributed by atoms with van der Waals surface area (Å²) in [5, 5.41) is 11.3. The summed E-state index contributed by atoms with van der Waals surface area (Å²) in [6.45, 7) is 0.221. The van der Waals surface area contributed by atoms with Crippen LogP contribution in [-0.2, 0) is 0 Å². The van der Waals surface area contributed by atoms with Crippen LogP contribution in [0.3, 0.4) is 0 Å². The molecule has 1 aliphatic heterocycles. The number of benzene rings is 2. The number of aromatic amines is 1.